The average Bonchev–Trinajstić information content (AvgIpc) is 3.14. The summed E-state index contributed by atoms with van der Waals surface area (Å²) in [7, 11) is 0. The fourth-order valence-electron chi connectivity index (χ4n) is 3.77. The van der Waals surface area contributed by atoms with Crippen LogP contribution < -0.4 is 0 Å². The maximum Gasteiger partial charge on any atom is 0.0541 e. The van der Waals surface area contributed by atoms with E-state index in [1.54, 1.807) is 0 Å². The molecule has 0 aliphatic heterocycles. The monoisotopic (exact) mass is 345 g/mol. The second-order valence-electron chi connectivity index (χ2n) is 6.67. The molecule has 0 unspecified atom stereocenters. The zero-order valence-corrected chi connectivity index (χ0v) is 14.9. The minimum absolute atomic E-state index is 1.20. The van der Waals surface area contributed by atoms with E-state index in [1.165, 1.54) is 39.0 Å². The molecule has 0 saturated heterocycles. The van der Waals surface area contributed by atoms with Gasteiger partial charge in [-0.15, -0.1) is 0 Å². The Morgan fingerprint density at radius 3 is 1.85 bits per heavy atom. The van der Waals surface area contributed by atoms with Crippen LogP contribution in [0, 0.1) is 0 Å². The molecule has 0 aliphatic rings. The SMILES string of the molecule is c1ccc(-c2ccccc2-n2c(-c3ccccc3)cc3ccccc32)cc1. The number of nitrogens with zero attached hydrogens (tertiary/aromatic N) is 1. The Balaban J connectivity index is 1.85. The third-order valence-electron chi connectivity index (χ3n) is 5.01. The molecule has 1 aromatic heterocycles. The van der Waals surface area contributed by atoms with Gasteiger partial charge in [0.15, 0.2) is 0 Å². The molecular weight excluding hydrogens is 326 g/mol. The topological polar surface area (TPSA) is 4.93 Å². The van der Waals surface area contributed by atoms with Crippen LogP contribution in [0.4, 0.5) is 0 Å². The number of fused-ring (bicyclic) bond motifs is 1. The number of hydrogen-bond acceptors (Lipinski definition) is 0. The molecule has 0 atom stereocenters. The number of para-hydroxylation sites is 2. The van der Waals surface area contributed by atoms with Crippen LogP contribution in [0.5, 0.6) is 0 Å². The van der Waals surface area contributed by atoms with Crippen LogP contribution in [0.15, 0.2) is 115 Å². The molecule has 5 aromatic rings. The van der Waals surface area contributed by atoms with E-state index in [0.29, 0.717) is 0 Å². The lowest BCUT2D eigenvalue weighted by Crippen LogP contribution is -1.99. The first-order valence-corrected chi connectivity index (χ1v) is 9.22. The van der Waals surface area contributed by atoms with E-state index in [1.807, 2.05) is 0 Å². The first-order chi connectivity index (χ1) is 13.4. The summed E-state index contributed by atoms with van der Waals surface area (Å²) in [5.41, 5.74) is 7.31. The van der Waals surface area contributed by atoms with Crippen molar-refractivity contribution in [3.8, 4) is 28.1 Å². The van der Waals surface area contributed by atoms with Crippen LogP contribution in [0.3, 0.4) is 0 Å². The van der Waals surface area contributed by atoms with Gasteiger partial charge in [0.05, 0.1) is 16.9 Å². The summed E-state index contributed by atoms with van der Waals surface area (Å²) >= 11 is 0. The summed E-state index contributed by atoms with van der Waals surface area (Å²) in [5.74, 6) is 0. The van der Waals surface area contributed by atoms with E-state index in [0.717, 1.165) is 0 Å². The summed E-state index contributed by atoms with van der Waals surface area (Å²) < 4.78 is 2.38. The molecule has 27 heavy (non-hydrogen) atoms. The van der Waals surface area contributed by atoms with Crippen LogP contribution >= 0.6 is 0 Å². The molecule has 5 rings (SSSR count). The Morgan fingerprint density at radius 1 is 0.481 bits per heavy atom. The lowest BCUT2D eigenvalue weighted by Gasteiger charge is -2.16. The molecule has 128 valence electrons. The summed E-state index contributed by atoms with van der Waals surface area (Å²) in [5, 5.41) is 1.25. The Kier molecular flexibility index (Phi) is 3.84. The van der Waals surface area contributed by atoms with Gasteiger partial charge in [-0.25, -0.2) is 0 Å². The van der Waals surface area contributed by atoms with Gasteiger partial charge in [0.1, 0.15) is 0 Å². The van der Waals surface area contributed by atoms with Crippen molar-refractivity contribution in [2.45, 2.75) is 0 Å². The maximum absolute atomic E-state index is 2.38. The molecule has 0 spiro atoms. The van der Waals surface area contributed by atoms with Gasteiger partial charge in [0.2, 0.25) is 0 Å². The van der Waals surface area contributed by atoms with Gasteiger partial charge in [0, 0.05) is 10.9 Å². The molecule has 0 saturated carbocycles. The van der Waals surface area contributed by atoms with Gasteiger partial charge in [-0.3, -0.25) is 0 Å². The van der Waals surface area contributed by atoms with Gasteiger partial charge in [-0.05, 0) is 29.3 Å². The molecule has 1 nitrogen and oxygen atoms in total. The van der Waals surface area contributed by atoms with E-state index in [4.69, 9.17) is 0 Å². The maximum atomic E-state index is 2.38. The highest BCUT2D eigenvalue weighted by atomic mass is 15.0. The Morgan fingerprint density at radius 2 is 1.07 bits per heavy atom. The van der Waals surface area contributed by atoms with E-state index >= 15 is 0 Å². The minimum atomic E-state index is 1.20. The summed E-state index contributed by atoms with van der Waals surface area (Å²) in [6, 6.07) is 40.7. The molecule has 0 radical (unpaired) electrons. The van der Waals surface area contributed by atoms with Crippen molar-refractivity contribution in [1.82, 2.24) is 4.57 Å². The van der Waals surface area contributed by atoms with Crippen molar-refractivity contribution in [3.05, 3.63) is 115 Å². The van der Waals surface area contributed by atoms with Crippen molar-refractivity contribution < 1.29 is 0 Å². The predicted molar refractivity (Wildman–Crippen MR) is 114 cm³/mol. The van der Waals surface area contributed by atoms with Crippen molar-refractivity contribution >= 4 is 10.9 Å². The van der Waals surface area contributed by atoms with Crippen LogP contribution in [0.2, 0.25) is 0 Å². The summed E-state index contributed by atoms with van der Waals surface area (Å²) in [6.07, 6.45) is 0. The minimum Gasteiger partial charge on any atom is -0.309 e. The molecule has 0 N–H and O–H groups in total. The Bertz CT molecular complexity index is 1200. The Hall–Kier alpha value is -3.58. The predicted octanol–water partition coefficient (Wildman–Crippen LogP) is 6.96. The zero-order valence-electron chi connectivity index (χ0n) is 14.9. The average molecular weight is 345 g/mol. The molecular formula is C26H19N. The van der Waals surface area contributed by atoms with E-state index < -0.39 is 0 Å². The van der Waals surface area contributed by atoms with Gasteiger partial charge >= 0.3 is 0 Å². The number of benzene rings is 4. The first kappa shape index (κ1) is 15.7. The highest BCUT2D eigenvalue weighted by Crippen LogP contribution is 2.35. The number of rotatable bonds is 3. The van der Waals surface area contributed by atoms with Crippen LogP contribution in [0.1, 0.15) is 0 Å². The zero-order chi connectivity index (χ0) is 18.1. The fraction of sp³-hybridized carbons (Fsp3) is 0. The number of aromatic nitrogens is 1. The highest BCUT2D eigenvalue weighted by Gasteiger charge is 2.15. The van der Waals surface area contributed by atoms with Crippen LogP contribution in [-0.4, -0.2) is 4.57 Å². The lowest BCUT2D eigenvalue weighted by atomic mass is 10.0. The second-order valence-corrected chi connectivity index (χ2v) is 6.67. The second kappa shape index (κ2) is 6.62. The third-order valence-corrected chi connectivity index (χ3v) is 5.01. The summed E-state index contributed by atoms with van der Waals surface area (Å²) in [4.78, 5) is 0. The van der Waals surface area contributed by atoms with Gasteiger partial charge < -0.3 is 4.57 Å². The largest absolute Gasteiger partial charge is 0.309 e. The summed E-state index contributed by atoms with van der Waals surface area (Å²) in [6.45, 7) is 0. The standard InChI is InChI=1S/C26H19N/c1-3-11-20(12-4-1)23-16-8-10-18-25(23)27-24-17-9-7-15-22(24)19-26(27)21-13-5-2-6-14-21/h1-19H. The van der Waals surface area contributed by atoms with Crippen LogP contribution in [0.25, 0.3) is 39.0 Å². The molecule has 0 aliphatic carbocycles. The number of hydrogen-bond donors (Lipinski definition) is 0. The quantitative estimate of drug-likeness (QED) is 0.333. The van der Waals surface area contributed by atoms with E-state index in [9.17, 15) is 0 Å². The van der Waals surface area contributed by atoms with Gasteiger partial charge in [-0.1, -0.05) is 97.1 Å². The fourth-order valence-corrected chi connectivity index (χ4v) is 3.77. The first-order valence-electron chi connectivity index (χ1n) is 9.22. The van der Waals surface area contributed by atoms with E-state index in [-0.39, 0.29) is 0 Å². The molecule has 0 fully saturated rings. The van der Waals surface area contributed by atoms with Crippen molar-refractivity contribution in [3.63, 3.8) is 0 Å². The molecule has 0 amide bonds. The Labute approximate surface area is 159 Å². The van der Waals surface area contributed by atoms with Gasteiger partial charge in [-0.2, -0.15) is 0 Å². The molecule has 1 heteroatoms. The highest BCUT2D eigenvalue weighted by molar-refractivity contribution is 5.91. The van der Waals surface area contributed by atoms with Crippen molar-refractivity contribution in [2.75, 3.05) is 0 Å². The lowest BCUT2D eigenvalue weighted by molar-refractivity contribution is 1.14. The normalized spacial score (nSPS) is 11.0. The third kappa shape index (κ3) is 2.74. The molecule has 1 heterocycles. The van der Waals surface area contributed by atoms with Crippen molar-refractivity contribution in [2.24, 2.45) is 0 Å². The van der Waals surface area contributed by atoms with Gasteiger partial charge in [0.25, 0.3) is 0 Å². The van der Waals surface area contributed by atoms with Crippen molar-refractivity contribution in [1.29, 1.82) is 0 Å². The van der Waals surface area contributed by atoms with E-state index in [2.05, 4.69) is 120 Å². The molecule has 4 aromatic carbocycles. The van der Waals surface area contributed by atoms with Crippen LogP contribution in [-0.2, 0) is 0 Å². The smallest absolute Gasteiger partial charge is 0.0541 e. The molecule has 0 bridgehead atoms.